The number of thiazole rings is 1. The maximum Gasteiger partial charge on any atom is 0.304 e. The Bertz CT molecular complexity index is 609. The molecule has 0 saturated heterocycles. The van der Waals surface area contributed by atoms with E-state index in [0.29, 0.717) is 13.1 Å². The van der Waals surface area contributed by atoms with Crippen molar-refractivity contribution in [2.75, 3.05) is 13.2 Å². The molecule has 3 N–H and O–H groups in total. The number of rotatable bonds is 8. The third kappa shape index (κ3) is 5.34. The molecule has 1 aromatic heterocycles. The van der Waals surface area contributed by atoms with Crippen LogP contribution in [-0.2, 0) is 13.0 Å². The van der Waals surface area contributed by atoms with Crippen molar-refractivity contribution in [3.05, 3.63) is 50.6 Å². The molecule has 2 rings (SSSR count). The number of nitrogens with one attached hydrogen (secondary N) is 2. The van der Waals surface area contributed by atoms with E-state index in [1.54, 1.807) is 5.38 Å². The summed E-state index contributed by atoms with van der Waals surface area (Å²) in [6, 6.07) is 7.86. The monoisotopic (exact) mass is 308 g/mol. The molecular weight excluding hydrogens is 288 g/mol. The van der Waals surface area contributed by atoms with Gasteiger partial charge in [-0.15, -0.1) is 0 Å². The van der Waals surface area contributed by atoms with Gasteiger partial charge in [-0.05, 0) is 24.1 Å². The molecule has 0 radical (unpaired) electrons. The number of H-pyrrole nitrogens is 1. The van der Waals surface area contributed by atoms with E-state index in [-0.39, 0.29) is 11.5 Å². The van der Waals surface area contributed by atoms with E-state index in [0.717, 1.165) is 29.2 Å². The van der Waals surface area contributed by atoms with Gasteiger partial charge in [0, 0.05) is 24.2 Å². The van der Waals surface area contributed by atoms with Gasteiger partial charge >= 0.3 is 4.87 Å². The van der Waals surface area contributed by atoms with Crippen LogP contribution in [0.4, 0.5) is 0 Å². The number of aromatic nitrogens is 1. The third-order valence-electron chi connectivity index (χ3n) is 3.02. The van der Waals surface area contributed by atoms with E-state index in [2.05, 4.69) is 17.2 Å². The summed E-state index contributed by atoms with van der Waals surface area (Å²) in [5.41, 5.74) is 2.04. The van der Waals surface area contributed by atoms with Gasteiger partial charge in [0.05, 0.1) is 0 Å². The SMILES string of the molecule is CCc1cccc(OCC(O)CNCc2csc(=O)[nH]2)c1. The Labute approximate surface area is 127 Å². The van der Waals surface area contributed by atoms with Gasteiger partial charge in [-0.2, -0.15) is 0 Å². The van der Waals surface area contributed by atoms with Crippen LogP contribution in [0.25, 0.3) is 0 Å². The first-order chi connectivity index (χ1) is 10.2. The summed E-state index contributed by atoms with van der Waals surface area (Å²) >= 11 is 1.14. The largest absolute Gasteiger partial charge is 0.491 e. The Morgan fingerprint density at radius 1 is 1.48 bits per heavy atom. The molecule has 0 fully saturated rings. The molecule has 1 heterocycles. The molecule has 0 aliphatic rings. The topological polar surface area (TPSA) is 74.3 Å². The lowest BCUT2D eigenvalue weighted by Crippen LogP contribution is -2.31. The van der Waals surface area contributed by atoms with E-state index in [1.807, 2.05) is 24.3 Å². The molecule has 1 unspecified atom stereocenters. The molecule has 21 heavy (non-hydrogen) atoms. The highest BCUT2D eigenvalue weighted by Gasteiger charge is 2.06. The number of aromatic amines is 1. The lowest BCUT2D eigenvalue weighted by Gasteiger charge is -2.13. The molecule has 0 spiro atoms. The summed E-state index contributed by atoms with van der Waals surface area (Å²) in [5.74, 6) is 0.774. The van der Waals surface area contributed by atoms with E-state index < -0.39 is 6.10 Å². The zero-order chi connectivity index (χ0) is 15.1. The fourth-order valence-electron chi connectivity index (χ4n) is 1.88. The van der Waals surface area contributed by atoms with Crippen LogP contribution in [0.1, 0.15) is 18.2 Å². The zero-order valence-corrected chi connectivity index (χ0v) is 12.8. The van der Waals surface area contributed by atoms with E-state index in [1.165, 1.54) is 5.56 Å². The number of benzene rings is 1. The smallest absolute Gasteiger partial charge is 0.304 e. The Morgan fingerprint density at radius 3 is 3.05 bits per heavy atom. The van der Waals surface area contributed by atoms with Crippen LogP contribution in [0, 0.1) is 0 Å². The van der Waals surface area contributed by atoms with E-state index >= 15 is 0 Å². The van der Waals surface area contributed by atoms with Crippen molar-refractivity contribution >= 4 is 11.3 Å². The lowest BCUT2D eigenvalue weighted by molar-refractivity contribution is 0.106. The van der Waals surface area contributed by atoms with Crippen LogP contribution in [-0.4, -0.2) is 29.3 Å². The van der Waals surface area contributed by atoms with Crippen molar-refractivity contribution in [3.63, 3.8) is 0 Å². The second-order valence-electron chi connectivity index (χ2n) is 4.77. The number of aliphatic hydroxyl groups is 1. The van der Waals surface area contributed by atoms with Crippen molar-refractivity contribution in [2.24, 2.45) is 0 Å². The van der Waals surface area contributed by atoms with Gasteiger partial charge < -0.3 is 20.1 Å². The highest BCUT2D eigenvalue weighted by Crippen LogP contribution is 2.13. The van der Waals surface area contributed by atoms with Crippen LogP contribution < -0.4 is 14.9 Å². The summed E-state index contributed by atoms with van der Waals surface area (Å²) in [4.78, 5) is 13.6. The molecule has 0 aliphatic heterocycles. The normalized spacial score (nSPS) is 12.3. The Kier molecular flexibility index (Phi) is 5.98. The molecule has 1 aromatic carbocycles. The van der Waals surface area contributed by atoms with Gasteiger partial charge in [0.1, 0.15) is 18.5 Å². The minimum Gasteiger partial charge on any atom is -0.491 e. The molecule has 0 amide bonds. The molecule has 2 aromatic rings. The average molecular weight is 308 g/mol. The van der Waals surface area contributed by atoms with E-state index in [4.69, 9.17) is 4.74 Å². The van der Waals surface area contributed by atoms with Gasteiger partial charge in [0.2, 0.25) is 0 Å². The molecule has 5 nitrogen and oxygen atoms in total. The Morgan fingerprint density at radius 2 is 2.33 bits per heavy atom. The summed E-state index contributed by atoms with van der Waals surface area (Å²) < 4.78 is 5.57. The standard InChI is InChI=1S/C15H20N2O3S/c1-2-11-4-3-5-14(6-11)20-9-13(18)8-16-7-12-10-21-15(19)17-12/h3-6,10,13,16,18H,2,7-9H2,1H3,(H,17,19). The number of hydrogen-bond donors (Lipinski definition) is 3. The molecular formula is C15H20N2O3S. The zero-order valence-electron chi connectivity index (χ0n) is 12.0. The van der Waals surface area contributed by atoms with Crippen LogP contribution >= 0.6 is 11.3 Å². The predicted octanol–water partition coefficient (Wildman–Crippen LogP) is 1.53. The van der Waals surface area contributed by atoms with Crippen molar-refractivity contribution in [3.8, 4) is 5.75 Å². The molecule has 114 valence electrons. The van der Waals surface area contributed by atoms with Gasteiger partial charge in [-0.25, -0.2) is 0 Å². The van der Waals surface area contributed by atoms with Crippen LogP contribution in [0.2, 0.25) is 0 Å². The Balaban J connectivity index is 1.69. The third-order valence-corrected chi connectivity index (χ3v) is 3.73. The molecule has 1 atom stereocenters. The molecule has 6 heteroatoms. The first kappa shape index (κ1) is 15.8. The fraction of sp³-hybridized carbons (Fsp3) is 0.400. The van der Waals surface area contributed by atoms with Gasteiger partial charge in [-0.3, -0.25) is 4.79 Å². The minimum absolute atomic E-state index is 0.0634. The first-order valence-corrected chi connectivity index (χ1v) is 7.82. The lowest BCUT2D eigenvalue weighted by atomic mass is 10.2. The number of hydrogen-bond acceptors (Lipinski definition) is 5. The summed E-state index contributed by atoms with van der Waals surface area (Å²) in [7, 11) is 0. The van der Waals surface area contributed by atoms with Crippen LogP contribution in [0.5, 0.6) is 5.75 Å². The van der Waals surface area contributed by atoms with Crippen molar-refractivity contribution in [1.82, 2.24) is 10.3 Å². The van der Waals surface area contributed by atoms with Crippen molar-refractivity contribution in [2.45, 2.75) is 26.0 Å². The summed E-state index contributed by atoms with van der Waals surface area (Å²) in [5, 5.41) is 14.7. The predicted molar refractivity (Wildman–Crippen MR) is 84.0 cm³/mol. The minimum atomic E-state index is -0.597. The maximum absolute atomic E-state index is 11.0. The van der Waals surface area contributed by atoms with Crippen LogP contribution in [0.3, 0.4) is 0 Å². The quantitative estimate of drug-likeness (QED) is 0.691. The van der Waals surface area contributed by atoms with Crippen molar-refractivity contribution < 1.29 is 9.84 Å². The average Bonchev–Trinajstić information content (AvgIpc) is 2.91. The highest BCUT2D eigenvalue weighted by molar-refractivity contribution is 7.07. The summed E-state index contributed by atoms with van der Waals surface area (Å²) in [6.07, 6.45) is 0.362. The second-order valence-corrected chi connectivity index (χ2v) is 5.61. The number of ether oxygens (including phenoxy) is 1. The highest BCUT2D eigenvalue weighted by atomic mass is 32.1. The van der Waals surface area contributed by atoms with Gasteiger partial charge in [0.25, 0.3) is 0 Å². The van der Waals surface area contributed by atoms with Crippen LogP contribution in [0.15, 0.2) is 34.4 Å². The molecule has 0 aliphatic carbocycles. The molecule has 0 bridgehead atoms. The molecule has 0 saturated carbocycles. The summed E-state index contributed by atoms with van der Waals surface area (Å²) in [6.45, 7) is 3.26. The number of aliphatic hydroxyl groups excluding tert-OH is 1. The maximum atomic E-state index is 11.0. The van der Waals surface area contributed by atoms with Crippen molar-refractivity contribution in [1.29, 1.82) is 0 Å². The second kappa shape index (κ2) is 7.97. The Hall–Kier alpha value is -1.63. The number of aryl methyl sites for hydroxylation is 1. The fourth-order valence-corrected chi connectivity index (χ4v) is 2.46. The van der Waals surface area contributed by atoms with Gasteiger partial charge in [-0.1, -0.05) is 30.4 Å². The van der Waals surface area contributed by atoms with E-state index in [9.17, 15) is 9.90 Å². The van der Waals surface area contributed by atoms with Gasteiger partial charge in [0.15, 0.2) is 0 Å². The first-order valence-electron chi connectivity index (χ1n) is 6.94.